The smallest absolute Gasteiger partial charge is 0.221 e. The second kappa shape index (κ2) is 8.15. The molecule has 5 heteroatoms. The molecule has 26 heavy (non-hydrogen) atoms. The van der Waals surface area contributed by atoms with E-state index in [2.05, 4.69) is 59.1 Å². The molecule has 3 aromatic rings. The number of carbonyl (C=O) groups is 1. The Kier molecular flexibility index (Phi) is 5.68. The standard InChI is InChI=1S/C21H23N3OS/c1-4-14(2)16-8-10-17(11-9-16)20-13-26-21(24-20)23-19-7-5-6-18(12-19)22-15(3)25/h5-14H,4H2,1-3H3,(H,22,25)(H,23,24). The summed E-state index contributed by atoms with van der Waals surface area (Å²) in [6, 6.07) is 16.3. The second-order valence-corrected chi connectivity index (χ2v) is 7.21. The number of hydrogen-bond donors (Lipinski definition) is 2. The van der Waals surface area contributed by atoms with E-state index in [9.17, 15) is 4.79 Å². The Balaban J connectivity index is 1.73. The molecule has 4 nitrogen and oxygen atoms in total. The Hall–Kier alpha value is -2.66. The van der Waals surface area contributed by atoms with Gasteiger partial charge in [-0.3, -0.25) is 4.79 Å². The normalized spacial score (nSPS) is 11.8. The van der Waals surface area contributed by atoms with Crippen LogP contribution in [-0.4, -0.2) is 10.9 Å². The van der Waals surface area contributed by atoms with Crippen molar-refractivity contribution in [2.24, 2.45) is 0 Å². The zero-order valence-electron chi connectivity index (χ0n) is 15.2. The first kappa shape index (κ1) is 18.1. The summed E-state index contributed by atoms with van der Waals surface area (Å²) in [7, 11) is 0. The van der Waals surface area contributed by atoms with Gasteiger partial charge in [0.1, 0.15) is 0 Å². The van der Waals surface area contributed by atoms with Gasteiger partial charge in [0, 0.05) is 29.2 Å². The van der Waals surface area contributed by atoms with Gasteiger partial charge in [-0.15, -0.1) is 11.3 Å². The lowest BCUT2D eigenvalue weighted by Gasteiger charge is -2.09. The fourth-order valence-corrected chi connectivity index (χ4v) is 3.42. The fraction of sp³-hybridized carbons (Fsp3) is 0.238. The van der Waals surface area contributed by atoms with Gasteiger partial charge in [-0.2, -0.15) is 0 Å². The van der Waals surface area contributed by atoms with Crippen molar-refractivity contribution < 1.29 is 4.79 Å². The molecule has 1 unspecified atom stereocenters. The Bertz CT molecular complexity index is 886. The van der Waals surface area contributed by atoms with Crippen LogP contribution in [0.25, 0.3) is 11.3 Å². The number of benzene rings is 2. The minimum atomic E-state index is -0.0838. The summed E-state index contributed by atoms with van der Waals surface area (Å²) in [5.41, 5.74) is 5.10. The number of amides is 1. The summed E-state index contributed by atoms with van der Waals surface area (Å²) in [4.78, 5) is 15.9. The van der Waals surface area contributed by atoms with E-state index in [1.54, 1.807) is 11.3 Å². The summed E-state index contributed by atoms with van der Waals surface area (Å²) < 4.78 is 0. The van der Waals surface area contributed by atoms with Crippen molar-refractivity contribution >= 4 is 33.8 Å². The summed E-state index contributed by atoms with van der Waals surface area (Å²) in [5.74, 6) is 0.493. The van der Waals surface area contributed by atoms with Crippen LogP contribution in [0.5, 0.6) is 0 Å². The maximum absolute atomic E-state index is 11.2. The minimum absolute atomic E-state index is 0.0838. The van der Waals surface area contributed by atoms with Crippen molar-refractivity contribution in [2.75, 3.05) is 10.6 Å². The number of hydrogen-bond acceptors (Lipinski definition) is 4. The molecule has 3 rings (SSSR count). The second-order valence-electron chi connectivity index (χ2n) is 6.36. The van der Waals surface area contributed by atoms with Gasteiger partial charge in [0.05, 0.1) is 5.69 Å². The summed E-state index contributed by atoms with van der Waals surface area (Å²) in [6.45, 7) is 5.95. The van der Waals surface area contributed by atoms with Crippen LogP contribution >= 0.6 is 11.3 Å². The molecular weight excluding hydrogens is 342 g/mol. The van der Waals surface area contributed by atoms with Crippen LogP contribution in [-0.2, 0) is 4.79 Å². The third kappa shape index (κ3) is 4.49. The molecule has 0 radical (unpaired) electrons. The Labute approximate surface area is 158 Å². The minimum Gasteiger partial charge on any atom is -0.331 e. The predicted octanol–water partition coefficient (Wildman–Crippen LogP) is 6.03. The highest BCUT2D eigenvalue weighted by Crippen LogP contribution is 2.29. The van der Waals surface area contributed by atoms with Crippen molar-refractivity contribution in [2.45, 2.75) is 33.1 Å². The first-order chi connectivity index (χ1) is 12.5. The van der Waals surface area contributed by atoms with Crippen LogP contribution in [0.1, 0.15) is 38.7 Å². The van der Waals surface area contributed by atoms with Crippen LogP contribution in [0.15, 0.2) is 53.9 Å². The number of thiazole rings is 1. The molecule has 134 valence electrons. The van der Waals surface area contributed by atoms with Gasteiger partial charge in [-0.25, -0.2) is 4.98 Å². The average molecular weight is 366 g/mol. The molecule has 0 saturated carbocycles. The van der Waals surface area contributed by atoms with Crippen LogP contribution in [0.2, 0.25) is 0 Å². The topological polar surface area (TPSA) is 54.0 Å². The number of anilines is 3. The SMILES string of the molecule is CCC(C)c1ccc(-c2csc(Nc3cccc(NC(C)=O)c3)n2)cc1. The van der Waals surface area contributed by atoms with Gasteiger partial charge in [-0.05, 0) is 36.1 Å². The van der Waals surface area contributed by atoms with E-state index in [0.717, 1.165) is 34.2 Å². The van der Waals surface area contributed by atoms with Crippen LogP contribution in [0.3, 0.4) is 0 Å². The van der Waals surface area contributed by atoms with E-state index in [1.165, 1.54) is 12.5 Å². The molecule has 1 aromatic heterocycles. The van der Waals surface area contributed by atoms with Crippen molar-refractivity contribution in [3.8, 4) is 11.3 Å². The van der Waals surface area contributed by atoms with Gasteiger partial charge in [0.15, 0.2) is 5.13 Å². The van der Waals surface area contributed by atoms with E-state index in [1.807, 2.05) is 24.3 Å². The number of rotatable bonds is 6. The maximum Gasteiger partial charge on any atom is 0.221 e. The van der Waals surface area contributed by atoms with E-state index in [4.69, 9.17) is 0 Å². The van der Waals surface area contributed by atoms with E-state index in [-0.39, 0.29) is 5.91 Å². The first-order valence-electron chi connectivity index (χ1n) is 8.75. The van der Waals surface area contributed by atoms with Crippen molar-refractivity contribution in [3.63, 3.8) is 0 Å². The molecule has 2 aromatic carbocycles. The van der Waals surface area contributed by atoms with Gasteiger partial charge >= 0.3 is 0 Å². The third-order valence-corrected chi connectivity index (χ3v) is 5.08. The van der Waals surface area contributed by atoms with Crippen molar-refractivity contribution in [1.82, 2.24) is 4.98 Å². The zero-order chi connectivity index (χ0) is 18.5. The molecule has 2 N–H and O–H groups in total. The highest BCUT2D eigenvalue weighted by molar-refractivity contribution is 7.14. The van der Waals surface area contributed by atoms with E-state index >= 15 is 0 Å². The Morgan fingerprint density at radius 2 is 1.88 bits per heavy atom. The highest BCUT2D eigenvalue weighted by atomic mass is 32.1. The van der Waals surface area contributed by atoms with Crippen molar-refractivity contribution in [1.29, 1.82) is 0 Å². The Morgan fingerprint density at radius 1 is 1.15 bits per heavy atom. The lowest BCUT2D eigenvalue weighted by molar-refractivity contribution is -0.114. The molecule has 1 amide bonds. The van der Waals surface area contributed by atoms with Gasteiger partial charge in [-0.1, -0.05) is 44.2 Å². The van der Waals surface area contributed by atoms with E-state index < -0.39 is 0 Å². The first-order valence-corrected chi connectivity index (χ1v) is 9.63. The number of aromatic nitrogens is 1. The molecule has 0 aliphatic carbocycles. The molecular formula is C21H23N3OS. The summed E-state index contributed by atoms with van der Waals surface area (Å²) in [5, 5.41) is 8.97. The average Bonchev–Trinajstić information content (AvgIpc) is 3.09. The lowest BCUT2D eigenvalue weighted by Crippen LogP contribution is -2.05. The molecule has 0 aliphatic rings. The lowest BCUT2D eigenvalue weighted by atomic mass is 9.97. The highest BCUT2D eigenvalue weighted by Gasteiger charge is 2.07. The summed E-state index contributed by atoms with van der Waals surface area (Å²) >= 11 is 1.56. The molecule has 1 heterocycles. The zero-order valence-corrected chi connectivity index (χ0v) is 16.1. The van der Waals surface area contributed by atoms with Gasteiger partial charge < -0.3 is 10.6 Å². The largest absolute Gasteiger partial charge is 0.331 e. The van der Waals surface area contributed by atoms with E-state index in [0.29, 0.717) is 5.92 Å². The predicted molar refractivity (Wildman–Crippen MR) is 110 cm³/mol. The van der Waals surface area contributed by atoms with Crippen LogP contribution < -0.4 is 10.6 Å². The molecule has 1 atom stereocenters. The maximum atomic E-state index is 11.2. The Morgan fingerprint density at radius 3 is 2.58 bits per heavy atom. The molecule has 0 saturated heterocycles. The van der Waals surface area contributed by atoms with Crippen molar-refractivity contribution in [3.05, 3.63) is 59.5 Å². The number of nitrogens with one attached hydrogen (secondary N) is 2. The molecule has 0 bridgehead atoms. The number of carbonyl (C=O) groups excluding carboxylic acids is 1. The monoisotopic (exact) mass is 365 g/mol. The summed E-state index contributed by atoms with van der Waals surface area (Å²) in [6.07, 6.45) is 1.14. The van der Waals surface area contributed by atoms with Gasteiger partial charge in [0.25, 0.3) is 0 Å². The third-order valence-electron chi connectivity index (χ3n) is 4.33. The molecule has 0 spiro atoms. The van der Waals surface area contributed by atoms with Crippen LogP contribution in [0.4, 0.5) is 16.5 Å². The van der Waals surface area contributed by atoms with Gasteiger partial charge in [0.2, 0.25) is 5.91 Å². The van der Waals surface area contributed by atoms with Crippen LogP contribution in [0, 0.1) is 0 Å². The molecule has 0 aliphatic heterocycles. The number of nitrogens with zero attached hydrogens (tertiary/aromatic N) is 1. The quantitative estimate of drug-likeness (QED) is 0.561. The molecule has 0 fully saturated rings. The fourth-order valence-electron chi connectivity index (χ4n) is 2.68.